The van der Waals surface area contributed by atoms with E-state index < -0.39 is 0 Å². The third kappa shape index (κ3) is 2.78. The van der Waals surface area contributed by atoms with Gasteiger partial charge < -0.3 is 9.84 Å². The SMILES string of the molecule is C=C(OC(C)(C)C)N1CCC(O)=C(C)C1=O. The van der Waals surface area contributed by atoms with Crippen LogP contribution < -0.4 is 0 Å². The van der Waals surface area contributed by atoms with E-state index in [9.17, 15) is 9.90 Å². The highest BCUT2D eigenvalue weighted by atomic mass is 16.5. The van der Waals surface area contributed by atoms with Crippen LogP contribution in [0, 0.1) is 0 Å². The number of carbonyl (C=O) groups excluding carboxylic acids is 1. The molecule has 1 heterocycles. The maximum Gasteiger partial charge on any atom is 0.259 e. The van der Waals surface area contributed by atoms with Gasteiger partial charge in [0.25, 0.3) is 5.91 Å². The average Bonchev–Trinajstić information content (AvgIpc) is 2.11. The Morgan fingerprint density at radius 1 is 1.50 bits per heavy atom. The van der Waals surface area contributed by atoms with Crippen molar-refractivity contribution in [3.63, 3.8) is 0 Å². The van der Waals surface area contributed by atoms with Crippen LogP contribution in [0.1, 0.15) is 34.1 Å². The Bertz CT molecular complexity index is 350. The van der Waals surface area contributed by atoms with Crippen LogP contribution >= 0.6 is 0 Å². The van der Waals surface area contributed by atoms with Crippen LogP contribution in [0.5, 0.6) is 0 Å². The summed E-state index contributed by atoms with van der Waals surface area (Å²) in [6.45, 7) is 11.5. The van der Waals surface area contributed by atoms with Crippen molar-refractivity contribution in [3.8, 4) is 0 Å². The third-order valence-electron chi connectivity index (χ3n) is 2.30. The summed E-state index contributed by atoms with van der Waals surface area (Å²) in [6.07, 6.45) is 0.449. The lowest BCUT2D eigenvalue weighted by molar-refractivity contribution is -0.130. The number of rotatable bonds is 2. The lowest BCUT2D eigenvalue weighted by atomic mass is 10.1. The van der Waals surface area contributed by atoms with Gasteiger partial charge in [0, 0.05) is 13.0 Å². The highest BCUT2D eigenvalue weighted by Crippen LogP contribution is 2.23. The molecule has 4 heteroatoms. The van der Waals surface area contributed by atoms with Crippen molar-refractivity contribution in [1.29, 1.82) is 0 Å². The molecule has 0 atom stereocenters. The van der Waals surface area contributed by atoms with Gasteiger partial charge in [-0.2, -0.15) is 0 Å². The Morgan fingerprint density at radius 2 is 2.06 bits per heavy atom. The fourth-order valence-corrected chi connectivity index (χ4v) is 1.48. The zero-order valence-electron chi connectivity index (χ0n) is 10.3. The van der Waals surface area contributed by atoms with E-state index >= 15 is 0 Å². The highest BCUT2D eigenvalue weighted by molar-refractivity contribution is 5.95. The van der Waals surface area contributed by atoms with Crippen molar-refractivity contribution in [1.82, 2.24) is 4.90 Å². The van der Waals surface area contributed by atoms with Gasteiger partial charge in [0.1, 0.15) is 11.4 Å². The van der Waals surface area contributed by atoms with Crippen molar-refractivity contribution < 1.29 is 14.6 Å². The first-order chi connectivity index (χ1) is 7.22. The summed E-state index contributed by atoms with van der Waals surface area (Å²) < 4.78 is 5.54. The first-order valence-corrected chi connectivity index (χ1v) is 5.31. The maximum atomic E-state index is 11.8. The molecule has 4 nitrogen and oxygen atoms in total. The standard InChI is InChI=1S/C12H19NO3/c1-8-10(14)6-7-13(11(8)15)9(2)16-12(3,4)5/h14H,2,6-7H2,1,3-5H3. The van der Waals surface area contributed by atoms with Gasteiger partial charge in [-0.3, -0.25) is 9.69 Å². The van der Waals surface area contributed by atoms with E-state index in [0.29, 0.717) is 24.4 Å². The van der Waals surface area contributed by atoms with Crippen LogP contribution in [0.25, 0.3) is 0 Å². The maximum absolute atomic E-state index is 11.8. The topological polar surface area (TPSA) is 49.8 Å². The molecule has 0 bridgehead atoms. The lowest BCUT2D eigenvalue weighted by Gasteiger charge is -2.32. The van der Waals surface area contributed by atoms with Crippen molar-refractivity contribution >= 4 is 5.91 Å². The van der Waals surface area contributed by atoms with Gasteiger partial charge in [0.2, 0.25) is 0 Å². The van der Waals surface area contributed by atoms with Crippen LogP contribution in [0.3, 0.4) is 0 Å². The highest BCUT2D eigenvalue weighted by Gasteiger charge is 2.28. The molecule has 0 fully saturated rings. The van der Waals surface area contributed by atoms with Crippen molar-refractivity contribution in [2.45, 2.75) is 39.7 Å². The van der Waals surface area contributed by atoms with Gasteiger partial charge in [-0.05, 0) is 34.3 Å². The molecular weight excluding hydrogens is 206 g/mol. The minimum atomic E-state index is -0.380. The largest absolute Gasteiger partial charge is 0.512 e. The molecule has 0 aromatic rings. The summed E-state index contributed by atoms with van der Waals surface area (Å²) in [7, 11) is 0. The van der Waals surface area contributed by atoms with Crippen molar-refractivity contribution in [2.24, 2.45) is 0 Å². The molecule has 1 N–H and O–H groups in total. The van der Waals surface area contributed by atoms with Gasteiger partial charge >= 0.3 is 0 Å². The summed E-state index contributed by atoms with van der Waals surface area (Å²) in [4.78, 5) is 13.3. The van der Waals surface area contributed by atoms with E-state index in [-0.39, 0.29) is 17.3 Å². The fraction of sp³-hybridized carbons (Fsp3) is 0.583. The molecule has 1 amide bonds. The molecular formula is C12H19NO3. The molecule has 1 aliphatic heterocycles. The Kier molecular flexibility index (Phi) is 3.31. The predicted molar refractivity (Wildman–Crippen MR) is 61.6 cm³/mol. The van der Waals surface area contributed by atoms with Gasteiger partial charge in [-0.25, -0.2) is 0 Å². The van der Waals surface area contributed by atoms with E-state index in [2.05, 4.69) is 6.58 Å². The summed E-state index contributed by atoms with van der Waals surface area (Å²) in [5.74, 6) is 0.257. The number of aliphatic hydroxyl groups is 1. The van der Waals surface area contributed by atoms with Crippen molar-refractivity contribution in [3.05, 3.63) is 23.8 Å². The smallest absolute Gasteiger partial charge is 0.259 e. The zero-order chi connectivity index (χ0) is 12.5. The van der Waals surface area contributed by atoms with E-state index in [1.165, 1.54) is 4.90 Å². The molecule has 0 spiro atoms. The molecule has 1 aliphatic rings. The van der Waals surface area contributed by atoms with Crippen LogP contribution in [0.4, 0.5) is 0 Å². The number of hydrogen-bond donors (Lipinski definition) is 1. The summed E-state index contributed by atoms with van der Waals surface area (Å²) in [6, 6.07) is 0. The average molecular weight is 225 g/mol. The zero-order valence-corrected chi connectivity index (χ0v) is 10.3. The molecule has 16 heavy (non-hydrogen) atoms. The first kappa shape index (κ1) is 12.6. The number of amides is 1. The molecule has 0 aromatic heterocycles. The lowest BCUT2D eigenvalue weighted by Crippen LogP contribution is -2.38. The predicted octanol–water partition coefficient (Wildman–Crippen LogP) is 2.34. The number of carbonyl (C=O) groups is 1. The van der Waals surface area contributed by atoms with E-state index in [4.69, 9.17) is 4.74 Å². The molecule has 0 saturated carbocycles. The minimum absolute atomic E-state index is 0.157. The second-order valence-corrected chi connectivity index (χ2v) is 4.89. The molecule has 0 saturated heterocycles. The Hall–Kier alpha value is -1.45. The molecule has 90 valence electrons. The fourth-order valence-electron chi connectivity index (χ4n) is 1.48. The van der Waals surface area contributed by atoms with Gasteiger partial charge in [0.15, 0.2) is 5.88 Å². The molecule has 0 aliphatic carbocycles. The van der Waals surface area contributed by atoms with Crippen molar-refractivity contribution in [2.75, 3.05) is 6.54 Å². The monoisotopic (exact) mass is 225 g/mol. The molecule has 0 unspecified atom stereocenters. The van der Waals surface area contributed by atoms with Gasteiger partial charge in [-0.15, -0.1) is 0 Å². The van der Waals surface area contributed by atoms with Crippen LogP contribution in [0.2, 0.25) is 0 Å². The molecule has 1 rings (SSSR count). The summed E-state index contributed by atoms with van der Waals surface area (Å²) in [5.41, 5.74) is -0.0148. The van der Waals surface area contributed by atoms with Crippen LogP contribution in [-0.4, -0.2) is 28.1 Å². The van der Waals surface area contributed by atoms with Gasteiger partial charge in [-0.1, -0.05) is 0 Å². The third-order valence-corrected chi connectivity index (χ3v) is 2.30. The number of aliphatic hydroxyl groups excluding tert-OH is 1. The number of hydrogen-bond acceptors (Lipinski definition) is 3. The summed E-state index contributed by atoms with van der Waals surface area (Å²) in [5, 5.41) is 9.44. The number of ether oxygens (including phenoxy) is 1. The number of nitrogens with zero attached hydrogens (tertiary/aromatic N) is 1. The normalized spacial score (nSPS) is 17.8. The Labute approximate surface area is 96.2 Å². The Balaban J connectivity index is 2.78. The second-order valence-electron chi connectivity index (χ2n) is 4.89. The second kappa shape index (κ2) is 4.20. The molecule has 0 radical (unpaired) electrons. The summed E-state index contributed by atoms with van der Waals surface area (Å²) >= 11 is 0. The minimum Gasteiger partial charge on any atom is -0.512 e. The van der Waals surface area contributed by atoms with Crippen LogP contribution in [-0.2, 0) is 9.53 Å². The van der Waals surface area contributed by atoms with Crippen LogP contribution in [0.15, 0.2) is 23.8 Å². The van der Waals surface area contributed by atoms with E-state index in [1.54, 1.807) is 6.92 Å². The van der Waals surface area contributed by atoms with E-state index in [0.717, 1.165) is 0 Å². The molecule has 0 aromatic carbocycles. The van der Waals surface area contributed by atoms with Gasteiger partial charge in [0.05, 0.1) is 5.57 Å². The Morgan fingerprint density at radius 3 is 2.56 bits per heavy atom. The van der Waals surface area contributed by atoms with E-state index in [1.807, 2.05) is 20.8 Å². The quantitative estimate of drug-likeness (QED) is 0.734. The first-order valence-electron chi connectivity index (χ1n) is 5.31.